The van der Waals surface area contributed by atoms with Crippen LogP contribution in [0.4, 0.5) is 0 Å². The quantitative estimate of drug-likeness (QED) is 0.855. The summed E-state index contributed by atoms with van der Waals surface area (Å²) >= 11 is 7.17. The molecule has 0 radical (unpaired) electrons. The minimum Gasteiger partial charge on any atom is -0.480 e. The molecule has 0 bridgehead atoms. The number of carboxylic acid groups (broad SMARTS) is 1. The number of rotatable bonds is 6. The van der Waals surface area contributed by atoms with Gasteiger partial charge in [0.1, 0.15) is 9.34 Å². The Hall–Kier alpha value is -0.650. The summed E-state index contributed by atoms with van der Waals surface area (Å²) in [5.74, 6) is -0.391. The van der Waals surface area contributed by atoms with Gasteiger partial charge in [0, 0.05) is 6.54 Å². The molecule has 0 saturated heterocycles. The third kappa shape index (κ3) is 4.92. The lowest BCUT2D eigenvalue weighted by Crippen LogP contribution is -2.32. The van der Waals surface area contributed by atoms with Crippen molar-refractivity contribution >= 4 is 28.9 Å². The molecule has 0 saturated carbocycles. The number of thiazole rings is 1. The van der Waals surface area contributed by atoms with Gasteiger partial charge >= 0.3 is 5.97 Å². The number of carboxylic acids is 1. The molecule has 0 aromatic carbocycles. The highest BCUT2D eigenvalue weighted by atomic mass is 35.5. The molecule has 0 aliphatic heterocycles. The molecule has 1 aromatic rings. The number of halogens is 1. The molecule has 90 valence electrons. The smallest absolute Gasteiger partial charge is 0.317 e. The average Bonchev–Trinajstić information content (AvgIpc) is 2.48. The van der Waals surface area contributed by atoms with E-state index >= 15 is 0 Å². The molecule has 0 atom stereocenters. The minimum atomic E-state index is -0.816. The van der Waals surface area contributed by atoms with E-state index in [1.165, 1.54) is 11.3 Å². The third-order valence-corrected chi connectivity index (χ3v) is 2.97. The van der Waals surface area contributed by atoms with Gasteiger partial charge in [-0.1, -0.05) is 25.4 Å². The minimum absolute atomic E-state index is 0.0371. The molecule has 0 amide bonds. The largest absolute Gasteiger partial charge is 0.480 e. The average molecular weight is 263 g/mol. The van der Waals surface area contributed by atoms with Crippen molar-refractivity contribution in [2.45, 2.75) is 20.4 Å². The van der Waals surface area contributed by atoms with Crippen molar-refractivity contribution in [2.75, 3.05) is 13.1 Å². The standard InChI is InChI=1S/C10H15ClN2O2S/c1-7(2)4-13(6-10(14)15)5-9-12-3-8(11)16-9/h3,7H,4-6H2,1-2H3,(H,14,15). The highest BCUT2D eigenvalue weighted by molar-refractivity contribution is 7.15. The Morgan fingerprint density at radius 3 is 2.81 bits per heavy atom. The molecular formula is C10H15ClN2O2S. The van der Waals surface area contributed by atoms with Crippen molar-refractivity contribution in [3.05, 3.63) is 15.5 Å². The second-order valence-corrected chi connectivity index (χ2v) is 5.76. The Morgan fingerprint density at radius 2 is 2.38 bits per heavy atom. The van der Waals surface area contributed by atoms with Gasteiger partial charge in [-0.3, -0.25) is 9.69 Å². The first kappa shape index (κ1) is 13.4. The van der Waals surface area contributed by atoms with Crippen LogP contribution in [0.5, 0.6) is 0 Å². The predicted molar refractivity (Wildman–Crippen MR) is 64.9 cm³/mol. The van der Waals surface area contributed by atoms with Crippen LogP contribution >= 0.6 is 22.9 Å². The Balaban J connectivity index is 2.58. The van der Waals surface area contributed by atoms with Crippen molar-refractivity contribution in [2.24, 2.45) is 5.92 Å². The van der Waals surface area contributed by atoms with Gasteiger partial charge in [0.2, 0.25) is 0 Å². The Kier molecular flexibility index (Phi) is 5.18. The summed E-state index contributed by atoms with van der Waals surface area (Å²) < 4.78 is 0.634. The van der Waals surface area contributed by atoms with E-state index in [9.17, 15) is 4.79 Å². The summed E-state index contributed by atoms with van der Waals surface area (Å²) in [4.78, 5) is 16.7. The Labute approximate surface area is 104 Å². The second-order valence-electron chi connectivity index (χ2n) is 4.02. The molecule has 0 fully saturated rings. The van der Waals surface area contributed by atoms with E-state index in [-0.39, 0.29) is 6.54 Å². The number of aliphatic carboxylic acids is 1. The fraction of sp³-hybridized carbons (Fsp3) is 0.600. The third-order valence-electron chi connectivity index (χ3n) is 1.87. The summed E-state index contributed by atoms with van der Waals surface area (Å²) in [6.45, 7) is 5.44. The fourth-order valence-electron chi connectivity index (χ4n) is 1.45. The number of aromatic nitrogens is 1. The zero-order valence-electron chi connectivity index (χ0n) is 9.31. The maximum absolute atomic E-state index is 10.7. The zero-order valence-corrected chi connectivity index (χ0v) is 10.9. The first-order valence-corrected chi connectivity index (χ1v) is 6.21. The first-order valence-electron chi connectivity index (χ1n) is 5.01. The van der Waals surface area contributed by atoms with Gasteiger partial charge in [-0.05, 0) is 5.92 Å². The van der Waals surface area contributed by atoms with Crippen LogP contribution in [0.3, 0.4) is 0 Å². The second kappa shape index (κ2) is 6.18. The van der Waals surface area contributed by atoms with Gasteiger partial charge in [-0.2, -0.15) is 0 Å². The maximum atomic E-state index is 10.7. The summed E-state index contributed by atoms with van der Waals surface area (Å²) in [6, 6.07) is 0. The summed E-state index contributed by atoms with van der Waals surface area (Å²) in [5, 5.41) is 9.65. The highest BCUT2D eigenvalue weighted by Crippen LogP contribution is 2.19. The topological polar surface area (TPSA) is 53.4 Å². The molecule has 16 heavy (non-hydrogen) atoms. The van der Waals surface area contributed by atoms with Crippen LogP contribution in [-0.4, -0.2) is 34.0 Å². The lowest BCUT2D eigenvalue weighted by Gasteiger charge is -2.20. The number of nitrogens with zero attached hydrogens (tertiary/aromatic N) is 2. The van der Waals surface area contributed by atoms with Crippen LogP contribution < -0.4 is 0 Å². The van der Waals surface area contributed by atoms with Gasteiger partial charge in [-0.15, -0.1) is 11.3 Å². The summed E-state index contributed by atoms with van der Waals surface area (Å²) in [6.07, 6.45) is 1.59. The van der Waals surface area contributed by atoms with E-state index in [0.29, 0.717) is 16.8 Å². The molecular weight excluding hydrogens is 248 g/mol. The normalized spacial score (nSPS) is 11.3. The molecule has 0 aliphatic carbocycles. The molecule has 0 spiro atoms. The van der Waals surface area contributed by atoms with Crippen molar-refractivity contribution < 1.29 is 9.90 Å². The molecule has 4 nitrogen and oxygen atoms in total. The number of carbonyl (C=O) groups is 1. The summed E-state index contributed by atoms with van der Waals surface area (Å²) in [5.41, 5.74) is 0. The van der Waals surface area contributed by atoms with E-state index in [2.05, 4.69) is 18.8 Å². The van der Waals surface area contributed by atoms with Crippen molar-refractivity contribution in [1.82, 2.24) is 9.88 Å². The molecule has 6 heteroatoms. The molecule has 0 unspecified atom stereocenters. The fourth-order valence-corrected chi connectivity index (χ4v) is 2.44. The zero-order chi connectivity index (χ0) is 12.1. The van der Waals surface area contributed by atoms with Crippen LogP contribution in [0.2, 0.25) is 4.34 Å². The molecule has 1 N–H and O–H groups in total. The van der Waals surface area contributed by atoms with Crippen LogP contribution in [0.25, 0.3) is 0 Å². The highest BCUT2D eigenvalue weighted by Gasteiger charge is 2.13. The van der Waals surface area contributed by atoms with E-state index in [0.717, 1.165) is 11.6 Å². The molecule has 1 rings (SSSR count). The van der Waals surface area contributed by atoms with Crippen molar-refractivity contribution in [3.8, 4) is 0 Å². The van der Waals surface area contributed by atoms with E-state index in [1.54, 1.807) is 6.20 Å². The van der Waals surface area contributed by atoms with Gasteiger partial charge in [0.05, 0.1) is 19.3 Å². The van der Waals surface area contributed by atoms with E-state index in [1.807, 2.05) is 4.90 Å². The van der Waals surface area contributed by atoms with Crippen molar-refractivity contribution in [1.29, 1.82) is 0 Å². The maximum Gasteiger partial charge on any atom is 0.317 e. The van der Waals surface area contributed by atoms with E-state index in [4.69, 9.17) is 16.7 Å². The van der Waals surface area contributed by atoms with Crippen molar-refractivity contribution in [3.63, 3.8) is 0 Å². The van der Waals surface area contributed by atoms with Gasteiger partial charge in [0.25, 0.3) is 0 Å². The van der Waals surface area contributed by atoms with Gasteiger partial charge < -0.3 is 5.11 Å². The summed E-state index contributed by atoms with van der Waals surface area (Å²) in [7, 11) is 0. The lowest BCUT2D eigenvalue weighted by molar-refractivity contribution is -0.138. The van der Waals surface area contributed by atoms with Crippen LogP contribution in [-0.2, 0) is 11.3 Å². The number of hydrogen-bond donors (Lipinski definition) is 1. The number of hydrogen-bond acceptors (Lipinski definition) is 4. The monoisotopic (exact) mass is 262 g/mol. The van der Waals surface area contributed by atoms with Crippen LogP contribution in [0, 0.1) is 5.92 Å². The molecule has 1 heterocycles. The first-order chi connectivity index (χ1) is 7.47. The molecule has 0 aliphatic rings. The Bertz CT molecular complexity index is 354. The Morgan fingerprint density at radius 1 is 1.69 bits per heavy atom. The van der Waals surface area contributed by atoms with Crippen LogP contribution in [0.15, 0.2) is 6.20 Å². The lowest BCUT2D eigenvalue weighted by atomic mass is 10.2. The molecule has 1 aromatic heterocycles. The SMILES string of the molecule is CC(C)CN(CC(=O)O)Cc1ncc(Cl)s1. The van der Waals surface area contributed by atoms with Gasteiger partial charge in [0.15, 0.2) is 0 Å². The van der Waals surface area contributed by atoms with Gasteiger partial charge in [-0.25, -0.2) is 4.98 Å². The van der Waals surface area contributed by atoms with Crippen LogP contribution in [0.1, 0.15) is 18.9 Å². The van der Waals surface area contributed by atoms with E-state index < -0.39 is 5.97 Å². The predicted octanol–water partition coefficient (Wildman–Crippen LogP) is 2.34.